The zero-order chi connectivity index (χ0) is 32.7. The fraction of sp³-hybridized carbons (Fsp3) is 0.0870. The van der Waals surface area contributed by atoms with Crippen molar-refractivity contribution in [3.05, 3.63) is 204 Å². The summed E-state index contributed by atoms with van der Waals surface area (Å²) in [6.07, 6.45) is 0. The topological polar surface area (TPSA) is 6.48 Å². The van der Waals surface area contributed by atoms with Gasteiger partial charge in [0.15, 0.2) is 0 Å². The molecular weight excluding hydrogens is 581 g/mol. The van der Waals surface area contributed by atoms with E-state index in [4.69, 9.17) is 0 Å². The van der Waals surface area contributed by atoms with Crippen molar-refractivity contribution in [1.82, 2.24) is 0 Å². The molecule has 234 valence electrons. The molecule has 0 atom stereocenters. The largest absolute Gasteiger partial charge is 0.337 e. The molecule has 0 aliphatic heterocycles. The first-order valence-electron chi connectivity index (χ1n) is 16.7. The average molecular weight is 621 g/mol. The van der Waals surface area contributed by atoms with Gasteiger partial charge in [0, 0.05) is 35.8 Å². The highest BCUT2D eigenvalue weighted by Crippen LogP contribution is 2.33. The Hall–Kier alpha value is -5.86. The highest BCUT2D eigenvalue weighted by Gasteiger charge is 2.13. The quantitative estimate of drug-likeness (QED) is 0.150. The Morgan fingerprint density at radius 1 is 0.292 bits per heavy atom. The maximum atomic E-state index is 2.38. The first kappa shape index (κ1) is 30.8. The molecule has 48 heavy (non-hydrogen) atoms. The summed E-state index contributed by atoms with van der Waals surface area (Å²) in [6, 6.07) is 65.7. The lowest BCUT2D eigenvalue weighted by atomic mass is 9.99. The van der Waals surface area contributed by atoms with E-state index in [-0.39, 0.29) is 0 Å². The molecule has 0 N–H and O–H groups in total. The summed E-state index contributed by atoms with van der Waals surface area (Å²) >= 11 is 0. The lowest BCUT2D eigenvalue weighted by Gasteiger charge is -2.26. The van der Waals surface area contributed by atoms with Crippen LogP contribution in [0.1, 0.15) is 22.3 Å². The van der Waals surface area contributed by atoms with Crippen molar-refractivity contribution in [2.24, 2.45) is 0 Å². The van der Waals surface area contributed by atoms with Crippen LogP contribution < -0.4 is 9.80 Å². The van der Waals surface area contributed by atoms with Crippen LogP contribution in [0.5, 0.6) is 0 Å². The number of nitrogens with zero attached hydrogens (tertiary/aromatic N) is 2. The van der Waals surface area contributed by atoms with Gasteiger partial charge in [-0.3, -0.25) is 0 Å². The minimum Gasteiger partial charge on any atom is -0.337 e. The van der Waals surface area contributed by atoms with E-state index in [1.165, 1.54) is 67.3 Å². The predicted molar refractivity (Wildman–Crippen MR) is 204 cm³/mol. The van der Waals surface area contributed by atoms with Gasteiger partial charge in [0.05, 0.1) is 0 Å². The molecule has 2 heteroatoms. The van der Waals surface area contributed by atoms with Gasteiger partial charge in [0.2, 0.25) is 0 Å². The SMILES string of the molecule is Cc1ccc(N(Cc2ccccc2)c2ccc(-c3ccc(-c4ccc(N(Cc5ccccc5)c5ccc(C)cc5)cc4)cc3)cc2)cc1. The first-order valence-corrected chi connectivity index (χ1v) is 16.7. The summed E-state index contributed by atoms with van der Waals surface area (Å²) in [6.45, 7) is 5.89. The Balaban J connectivity index is 1.09. The van der Waals surface area contributed by atoms with Crippen LogP contribution >= 0.6 is 0 Å². The fourth-order valence-electron chi connectivity index (χ4n) is 6.17. The number of aryl methyl sites for hydroxylation is 2. The summed E-state index contributed by atoms with van der Waals surface area (Å²) in [4.78, 5) is 4.76. The minimum atomic E-state index is 0.811. The van der Waals surface area contributed by atoms with Gasteiger partial charge in [0.1, 0.15) is 0 Å². The fourth-order valence-corrected chi connectivity index (χ4v) is 6.17. The number of hydrogen-bond acceptors (Lipinski definition) is 2. The molecule has 0 aliphatic rings. The molecule has 2 nitrogen and oxygen atoms in total. The molecule has 0 saturated carbocycles. The molecule has 7 rings (SSSR count). The lowest BCUT2D eigenvalue weighted by Crippen LogP contribution is -2.16. The molecule has 7 aromatic rings. The molecule has 0 aliphatic carbocycles. The lowest BCUT2D eigenvalue weighted by molar-refractivity contribution is 0.975. The Morgan fingerprint density at radius 2 is 0.542 bits per heavy atom. The molecule has 0 radical (unpaired) electrons. The van der Waals surface area contributed by atoms with Gasteiger partial charge in [-0.25, -0.2) is 0 Å². The van der Waals surface area contributed by atoms with Crippen LogP contribution in [0.15, 0.2) is 182 Å². The van der Waals surface area contributed by atoms with Crippen LogP contribution in [0, 0.1) is 13.8 Å². The van der Waals surface area contributed by atoms with Crippen LogP contribution in [-0.4, -0.2) is 0 Å². The Bertz CT molecular complexity index is 1880. The second-order valence-electron chi connectivity index (χ2n) is 12.5. The van der Waals surface area contributed by atoms with E-state index < -0.39 is 0 Å². The summed E-state index contributed by atoms with van der Waals surface area (Å²) in [5.74, 6) is 0. The maximum absolute atomic E-state index is 2.38. The van der Waals surface area contributed by atoms with E-state index in [0.29, 0.717) is 0 Å². The van der Waals surface area contributed by atoms with Gasteiger partial charge in [-0.15, -0.1) is 0 Å². The van der Waals surface area contributed by atoms with E-state index in [1.807, 2.05) is 0 Å². The maximum Gasteiger partial charge on any atom is 0.0481 e. The third-order valence-corrected chi connectivity index (χ3v) is 8.97. The number of benzene rings is 7. The molecule has 0 amide bonds. The molecule has 0 fully saturated rings. The van der Waals surface area contributed by atoms with Crippen molar-refractivity contribution in [3.8, 4) is 22.3 Å². The van der Waals surface area contributed by atoms with E-state index in [2.05, 4.69) is 206 Å². The van der Waals surface area contributed by atoms with E-state index in [1.54, 1.807) is 0 Å². The summed E-state index contributed by atoms with van der Waals surface area (Å²) in [7, 11) is 0. The van der Waals surface area contributed by atoms with Crippen molar-refractivity contribution in [1.29, 1.82) is 0 Å². The standard InChI is InChI=1S/C46H40N2/c1-35-13-25-43(26-14-35)47(33-37-9-5-3-6-10-37)45-29-21-41(22-30-45)39-17-19-40(20-18-39)42-23-31-46(32-24-42)48(34-38-11-7-4-8-12-38)44-27-15-36(2)16-28-44/h3-32H,33-34H2,1-2H3. The Kier molecular flexibility index (Phi) is 9.15. The second-order valence-corrected chi connectivity index (χ2v) is 12.5. The van der Waals surface area contributed by atoms with Gasteiger partial charge in [-0.1, -0.05) is 145 Å². The third-order valence-electron chi connectivity index (χ3n) is 8.97. The third kappa shape index (κ3) is 7.24. The van der Waals surface area contributed by atoms with Crippen molar-refractivity contribution >= 4 is 22.7 Å². The molecular formula is C46H40N2. The monoisotopic (exact) mass is 620 g/mol. The van der Waals surface area contributed by atoms with Gasteiger partial charge < -0.3 is 9.80 Å². The van der Waals surface area contributed by atoms with Crippen molar-refractivity contribution in [2.45, 2.75) is 26.9 Å². The van der Waals surface area contributed by atoms with Crippen LogP contribution in [0.25, 0.3) is 22.3 Å². The molecule has 0 saturated heterocycles. The predicted octanol–water partition coefficient (Wildman–Crippen LogP) is 12.3. The smallest absolute Gasteiger partial charge is 0.0481 e. The van der Waals surface area contributed by atoms with Crippen LogP contribution in [0.2, 0.25) is 0 Å². The zero-order valence-corrected chi connectivity index (χ0v) is 27.6. The summed E-state index contributed by atoms with van der Waals surface area (Å²) in [5, 5.41) is 0. The summed E-state index contributed by atoms with van der Waals surface area (Å²) < 4.78 is 0. The van der Waals surface area contributed by atoms with Gasteiger partial charge in [-0.2, -0.15) is 0 Å². The average Bonchev–Trinajstić information content (AvgIpc) is 3.15. The number of anilines is 4. The molecule has 0 unspecified atom stereocenters. The normalized spacial score (nSPS) is 10.9. The molecule has 0 spiro atoms. The van der Waals surface area contributed by atoms with Gasteiger partial charge in [0.25, 0.3) is 0 Å². The Labute approximate surface area is 285 Å². The highest BCUT2D eigenvalue weighted by molar-refractivity contribution is 5.74. The van der Waals surface area contributed by atoms with Crippen molar-refractivity contribution < 1.29 is 0 Å². The number of rotatable bonds is 10. The Morgan fingerprint density at radius 3 is 0.833 bits per heavy atom. The van der Waals surface area contributed by atoms with Crippen LogP contribution in [0.3, 0.4) is 0 Å². The first-order chi connectivity index (χ1) is 23.6. The summed E-state index contributed by atoms with van der Waals surface area (Å²) in [5.41, 5.74) is 14.7. The van der Waals surface area contributed by atoms with E-state index >= 15 is 0 Å². The van der Waals surface area contributed by atoms with Gasteiger partial charge in [-0.05, 0) is 95.8 Å². The van der Waals surface area contributed by atoms with Crippen LogP contribution in [0.4, 0.5) is 22.7 Å². The molecule has 0 bridgehead atoms. The van der Waals surface area contributed by atoms with E-state index in [0.717, 1.165) is 13.1 Å². The second kappa shape index (κ2) is 14.3. The minimum absolute atomic E-state index is 0.811. The zero-order valence-electron chi connectivity index (χ0n) is 27.6. The highest BCUT2D eigenvalue weighted by atomic mass is 15.1. The van der Waals surface area contributed by atoms with Crippen molar-refractivity contribution in [3.63, 3.8) is 0 Å². The molecule has 0 heterocycles. The molecule has 7 aromatic carbocycles. The molecule has 0 aromatic heterocycles. The number of hydrogen-bond donors (Lipinski definition) is 0. The van der Waals surface area contributed by atoms with Gasteiger partial charge >= 0.3 is 0 Å². The van der Waals surface area contributed by atoms with Crippen molar-refractivity contribution in [2.75, 3.05) is 9.80 Å². The van der Waals surface area contributed by atoms with E-state index in [9.17, 15) is 0 Å². The van der Waals surface area contributed by atoms with Crippen LogP contribution in [-0.2, 0) is 13.1 Å².